The first-order valence-electron chi connectivity index (χ1n) is 7.66. The molecule has 5 nitrogen and oxygen atoms in total. The van der Waals surface area contributed by atoms with E-state index in [0.29, 0.717) is 0 Å². The Balaban J connectivity index is 1.68. The number of morpholine rings is 1. The topological polar surface area (TPSA) is 50.3 Å². The third kappa shape index (κ3) is 3.61. The normalized spacial score (nSPS) is 19.1. The molecule has 0 aromatic carbocycles. The third-order valence-electron chi connectivity index (χ3n) is 3.84. The first-order valence-corrected chi connectivity index (χ1v) is 7.66. The molecule has 3 rings (SSSR count). The average molecular weight is 298 g/mol. The second-order valence-corrected chi connectivity index (χ2v) is 5.56. The van der Waals surface area contributed by atoms with Crippen molar-refractivity contribution in [2.75, 3.05) is 32.1 Å². The highest BCUT2D eigenvalue weighted by molar-refractivity contribution is 5.34. The predicted molar refractivity (Wildman–Crippen MR) is 86.7 cm³/mol. The van der Waals surface area contributed by atoms with Gasteiger partial charge in [0.15, 0.2) is 0 Å². The molecule has 0 amide bonds. The van der Waals surface area contributed by atoms with Gasteiger partial charge >= 0.3 is 0 Å². The number of anilines is 1. The Morgan fingerprint density at radius 2 is 2.09 bits per heavy atom. The number of aromatic nitrogens is 2. The van der Waals surface area contributed by atoms with Crippen LogP contribution in [0.15, 0.2) is 36.4 Å². The van der Waals surface area contributed by atoms with Crippen LogP contribution in [0.5, 0.6) is 0 Å². The zero-order valence-electron chi connectivity index (χ0n) is 13.1. The molecule has 3 heterocycles. The van der Waals surface area contributed by atoms with Crippen LogP contribution in [0.2, 0.25) is 0 Å². The van der Waals surface area contributed by atoms with E-state index in [4.69, 9.17) is 4.74 Å². The lowest BCUT2D eigenvalue weighted by atomic mass is 10.1. The van der Waals surface area contributed by atoms with E-state index in [2.05, 4.69) is 32.3 Å². The number of ether oxygens (including phenoxy) is 1. The summed E-state index contributed by atoms with van der Waals surface area (Å²) in [7, 11) is 1.88. The lowest BCUT2D eigenvalue weighted by Gasteiger charge is -2.32. The van der Waals surface area contributed by atoms with E-state index in [1.54, 1.807) is 0 Å². The van der Waals surface area contributed by atoms with E-state index in [9.17, 15) is 0 Å². The molecule has 0 spiro atoms. The molecule has 2 aromatic rings. The van der Waals surface area contributed by atoms with Crippen LogP contribution in [0.3, 0.4) is 0 Å². The molecule has 22 heavy (non-hydrogen) atoms. The molecule has 0 unspecified atom stereocenters. The maximum Gasteiger partial charge on any atom is 0.126 e. The van der Waals surface area contributed by atoms with Crippen LogP contribution >= 0.6 is 0 Å². The molecule has 0 bridgehead atoms. The summed E-state index contributed by atoms with van der Waals surface area (Å²) < 4.78 is 5.90. The van der Waals surface area contributed by atoms with Crippen LogP contribution < -0.4 is 5.32 Å². The quantitative estimate of drug-likeness (QED) is 0.939. The second kappa shape index (κ2) is 6.85. The van der Waals surface area contributed by atoms with Crippen molar-refractivity contribution in [2.24, 2.45) is 0 Å². The number of nitrogens with one attached hydrogen (secondary N) is 1. The summed E-state index contributed by atoms with van der Waals surface area (Å²) in [6.07, 6.45) is 0.0202. The van der Waals surface area contributed by atoms with Gasteiger partial charge in [-0.1, -0.05) is 12.1 Å². The predicted octanol–water partition coefficient (Wildman–Crippen LogP) is 2.40. The van der Waals surface area contributed by atoms with Gasteiger partial charge in [0.25, 0.3) is 0 Å². The van der Waals surface area contributed by atoms with Crippen LogP contribution in [0.25, 0.3) is 0 Å². The van der Waals surface area contributed by atoms with E-state index in [1.165, 1.54) is 0 Å². The molecule has 2 aromatic heterocycles. The fourth-order valence-electron chi connectivity index (χ4n) is 2.71. The van der Waals surface area contributed by atoms with Gasteiger partial charge in [0.2, 0.25) is 0 Å². The van der Waals surface area contributed by atoms with E-state index < -0.39 is 0 Å². The Hall–Kier alpha value is -1.98. The standard InChI is InChI=1S/C17H22N4O/c1-13-5-3-6-14(19-13)11-21-9-10-22-16(12-21)15-7-4-8-17(18-2)20-15/h3-8,16H,9-12H2,1-2H3,(H,18,20)/t16-/m1/s1. The molecular weight excluding hydrogens is 276 g/mol. The number of pyridine rings is 2. The van der Waals surface area contributed by atoms with Gasteiger partial charge < -0.3 is 10.1 Å². The molecule has 1 aliphatic rings. The number of aryl methyl sites for hydroxylation is 1. The van der Waals surface area contributed by atoms with Crippen molar-refractivity contribution in [3.63, 3.8) is 0 Å². The molecule has 1 fully saturated rings. The highest BCUT2D eigenvalue weighted by Gasteiger charge is 2.23. The van der Waals surface area contributed by atoms with Gasteiger partial charge in [0.1, 0.15) is 11.9 Å². The summed E-state index contributed by atoms with van der Waals surface area (Å²) in [6, 6.07) is 12.2. The molecular formula is C17H22N4O. The van der Waals surface area contributed by atoms with Gasteiger partial charge in [-0.05, 0) is 31.2 Å². The van der Waals surface area contributed by atoms with Crippen LogP contribution in [0.1, 0.15) is 23.2 Å². The van der Waals surface area contributed by atoms with Crippen molar-refractivity contribution < 1.29 is 4.74 Å². The van der Waals surface area contributed by atoms with Crippen molar-refractivity contribution in [1.82, 2.24) is 14.9 Å². The van der Waals surface area contributed by atoms with Crippen molar-refractivity contribution in [3.05, 3.63) is 53.5 Å². The number of hydrogen-bond donors (Lipinski definition) is 1. The molecule has 0 saturated carbocycles. The van der Waals surface area contributed by atoms with Gasteiger partial charge in [0, 0.05) is 32.4 Å². The smallest absolute Gasteiger partial charge is 0.126 e. The Bertz CT molecular complexity index is 632. The summed E-state index contributed by atoms with van der Waals surface area (Å²) in [5, 5.41) is 3.07. The summed E-state index contributed by atoms with van der Waals surface area (Å²) in [5.74, 6) is 0.874. The van der Waals surface area contributed by atoms with Gasteiger partial charge in [-0.15, -0.1) is 0 Å². The Labute approximate surface area is 131 Å². The molecule has 116 valence electrons. The minimum absolute atomic E-state index is 0.0202. The van der Waals surface area contributed by atoms with Crippen molar-refractivity contribution in [3.8, 4) is 0 Å². The minimum Gasteiger partial charge on any atom is -0.373 e. The van der Waals surface area contributed by atoms with Gasteiger partial charge in [0.05, 0.1) is 18.0 Å². The lowest BCUT2D eigenvalue weighted by molar-refractivity contribution is -0.0352. The van der Waals surface area contributed by atoms with Crippen molar-refractivity contribution in [2.45, 2.75) is 19.6 Å². The first-order chi connectivity index (χ1) is 10.7. The Kier molecular flexibility index (Phi) is 4.65. The van der Waals surface area contributed by atoms with Crippen molar-refractivity contribution >= 4 is 5.82 Å². The van der Waals surface area contributed by atoms with Crippen molar-refractivity contribution in [1.29, 1.82) is 0 Å². The van der Waals surface area contributed by atoms with Crippen LogP contribution in [0, 0.1) is 6.92 Å². The van der Waals surface area contributed by atoms with Crippen LogP contribution in [-0.4, -0.2) is 41.6 Å². The molecule has 0 aliphatic carbocycles. The second-order valence-electron chi connectivity index (χ2n) is 5.56. The summed E-state index contributed by atoms with van der Waals surface area (Å²) in [4.78, 5) is 11.6. The zero-order valence-corrected chi connectivity index (χ0v) is 13.1. The SMILES string of the molecule is CNc1cccc([C@H]2CN(Cc3cccc(C)n3)CCO2)n1. The Morgan fingerprint density at radius 1 is 1.23 bits per heavy atom. The summed E-state index contributed by atoms with van der Waals surface area (Å²) >= 11 is 0. The van der Waals surface area contributed by atoms with Crippen LogP contribution in [-0.2, 0) is 11.3 Å². The number of nitrogens with zero attached hydrogens (tertiary/aromatic N) is 3. The molecule has 1 atom stereocenters. The monoisotopic (exact) mass is 298 g/mol. The maximum atomic E-state index is 5.90. The largest absolute Gasteiger partial charge is 0.373 e. The van der Waals surface area contributed by atoms with E-state index >= 15 is 0 Å². The average Bonchev–Trinajstić information content (AvgIpc) is 2.55. The molecule has 1 aliphatic heterocycles. The summed E-state index contributed by atoms with van der Waals surface area (Å²) in [6.45, 7) is 5.38. The van der Waals surface area contributed by atoms with E-state index in [1.807, 2.05) is 38.2 Å². The molecule has 1 saturated heterocycles. The lowest BCUT2D eigenvalue weighted by Crippen LogP contribution is -2.38. The van der Waals surface area contributed by atoms with E-state index in [-0.39, 0.29) is 6.10 Å². The number of hydrogen-bond acceptors (Lipinski definition) is 5. The van der Waals surface area contributed by atoms with Gasteiger partial charge in [-0.25, -0.2) is 4.98 Å². The zero-order chi connectivity index (χ0) is 15.4. The van der Waals surface area contributed by atoms with E-state index in [0.717, 1.165) is 49.1 Å². The third-order valence-corrected chi connectivity index (χ3v) is 3.84. The summed E-state index contributed by atoms with van der Waals surface area (Å²) in [5.41, 5.74) is 3.15. The molecule has 0 radical (unpaired) electrons. The fourth-order valence-corrected chi connectivity index (χ4v) is 2.71. The van der Waals surface area contributed by atoms with Crippen LogP contribution in [0.4, 0.5) is 5.82 Å². The van der Waals surface area contributed by atoms with Gasteiger partial charge in [-0.3, -0.25) is 9.88 Å². The first kappa shape index (κ1) is 14.9. The van der Waals surface area contributed by atoms with Gasteiger partial charge in [-0.2, -0.15) is 0 Å². The maximum absolute atomic E-state index is 5.90. The molecule has 5 heteroatoms. The highest BCUT2D eigenvalue weighted by atomic mass is 16.5. The number of rotatable bonds is 4. The molecule has 1 N–H and O–H groups in total. The highest BCUT2D eigenvalue weighted by Crippen LogP contribution is 2.22. The fraction of sp³-hybridized carbons (Fsp3) is 0.412. The minimum atomic E-state index is 0.0202. The Morgan fingerprint density at radius 3 is 2.91 bits per heavy atom.